The van der Waals surface area contributed by atoms with Crippen molar-refractivity contribution in [3.8, 4) is 5.75 Å². The number of carbonyl (C=O) groups is 1. The van der Waals surface area contributed by atoms with Crippen LogP contribution in [0.5, 0.6) is 5.75 Å². The van der Waals surface area contributed by atoms with Crippen LogP contribution in [0.15, 0.2) is 59.5 Å². The third kappa shape index (κ3) is 4.53. The Kier molecular flexibility index (Phi) is 5.69. The van der Waals surface area contributed by atoms with Gasteiger partial charge in [0.1, 0.15) is 5.75 Å². The van der Waals surface area contributed by atoms with E-state index in [1.54, 1.807) is 23.8 Å². The molecule has 0 aliphatic rings. The van der Waals surface area contributed by atoms with E-state index in [9.17, 15) is 4.79 Å². The van der Waals surface area contributed by atoms with Gasteiger partial charge in [-0.1, -0.05) is 36.4 Å². The van der Waals surface area contributed by atoms with E-state index in [2.05, 4.69) is 0 Å². The van der Waals surface area contributed by atoms with Crippen molar-refractivity contribution >= 4 is 17.7 Å². The number of para-hydroxylation sites is 1. The molecule has 0 unspecified atom stereocenters. The molecule has 0 radical (unpaired) electrons. The third-order valence-corrected chi connectivity index (χ3v) is 4.13. The molecule has 1 amide bonds. The monoisotopic (exact) mass is 301 g/mol. The van der Waals surface area contributed by atoms with Gasteiger partial charge in [-0.3, -0.25) is 4.79 Å². The molecule has 0 aliphatic carbocycles. The highest BCUT2D eigenvalue weighted by molar-refractivity contribution is 8.00. The second-order valence-electron chi connectivity index (χ2n) is 4.66. The summed E-state index contributed by atoms with van der Waals surface area (Å²) in [5.41, 5.74) is 1.01. The van der Waals surface area contributed by atoms with Gasteiger partial charge < -0.3 is 9.64 Å². The molecule has 2 aromatic rings. The predicted molar refractivity (Wildman–Crippen MR) is 86.6 cm³/mol. The third-order valence-electron chi connectivity index (χ3n) is 3.13. The van der Waals surface area contributed by atoms with Crippen molar-refractivity contribution < 1.29 is 9.53 Å². The smallest absolute Gasteiger partial charge is 0.232 e. The Hall–Kier alpha value is -1.94. The maximum Gasteiger partial charge on any atom is 0.232 e. The van der Waals surface area contributed by atoms with Gasteiger partial charge >= 0.3 is 0 Å². The lowest BCUT2D eigenvalue weighted by atomic mass is 10.2. The predicted octanol–water partition coefficient (Wildman–Crippen LogP) is 3.45. The molecule has 0 aliphatic heterocycles. The standard InChI is InChI=1S/C17H19NO2S/c1-18(12-14-8-6-7-11-16(14)20-2)17(19)13-21-15-9-4-3-5-10-15/h3-11H,12-13H2,1-2H3. The lowest BCUT2D eigenvalue weighted by Gasteiger charge is -2.18. The number of hydrogen-bond acceptors (Lipinski definition) is 3. The van der Waals surface area contributed by atoms with Crippen LogP contribution in [0.4, 0.5) is 0 Å². The minimum Gasteiger partial charge on any atom is -0.496 e. The van der Waals surface area contributed by atoms with Gasteiger partial charge in [0.2, 0.25) is 5.91 Å². The van der Waals surface area contributed by atoms with Gasteiger partial charge in [0, 0.05) is 24.1 Å². The lowest BCUT2D eigenvalue weighted by molar-refractivity contribution is -0.127. The molecule has 110 valence electrons. The summed E-state index contributed by atoms with van der Waals surface area (Å²) in [4.78, 5) is 15.0. The van der Waals surface area contributed by atoms with E-state index >= 15 is 0 Å². The van der Waals surface area contributed by atoms with Crippen LogP contribution in [0.3, 0.4) is 0 Å². The van der Waals surface area contributed by atoms with Crippen LogP contribution in [0.1, 0.15) is 5.56 Å². The molecule has 0 N–H and O–H groups in total. The molecular weight excluding hydrogens is 282 g/mol. The Morgan fingerprint density at radius 3 is 2.48 bits per heavy atom. The van der Waals surface area contributed by atoms with Crippen molar-refractivity contribution in [3.63, 3.8) is 0 Å². The van der Waals surface area contributed by atoms with Crippen molar-refractivity contribution in [1.82, 2.24) is 4.90 Å². The first-order valence-corrected chi connectivity index (χ1v) is 7.73. The van der Waals surface area contributed by atoms with Crippen molar-refractivity contribution in [2.24, 2.45) is 0 Å². The first-order chi connectivity index (χ1) is 10.2. The summed E-state index contributed by atoms with van der Waals surface area (Å²) in [5, 5.41) is 0. The summed E-state index contributed by atoms with van der Waals surface area (Å²) in [5.74, 6) is 1.36. The number of ether oxygens (including phenoxy) is 1. The number of benzene rings is 2. The van der Waals surface area contributed by atoms with Crippen LogP contribution >= 0.6 is 11.8 Å². The summed E-state index contributed by atoms with van der Waals surface area (Å²) in [6.07, 6.45) is 0. The second-order valence-corrected chi connectivity index (χ2v) is 5.71. The SMILES string of the molecule is COc1ccccc1CN(C)C(=O)CSc1ccccc1. The fraction of sp³-hybridized carbons (Fsp3) is 0.235. The Labute approximate surface area is 129 Å². The Morgan fingerprint density at radius 2 is 1.76 bits per heavy atom. The molecular formula is C17H19NO2S. The number of methoxy groups -OCH3 is 1. The summed E-state index contributed by atoms with van der Waals surface area (Å²) < 4.78 is 5.31. The van der Waals surface area contributed by atoms with Crippen LogP contribution in [0.25, 0.3) is 0 Å². The number of thioether (sulfide) groups is 1. The summed E-state index contributed by atoms with van der Waals surface area (Å²) in [6, 6.07) is 17.7. The zero-order valence-corrected chi connectivity index (χ0v) is 13.1. The molecule has 0 atom stereocenters. The molecule has 0 aromatic heterocycles. The average molecular weight is 301 g/mol. The van der Waals surface area contributed by atoms with Crippen LogP contribution < -0.4 is 4.74 Å². The zero-order chi connectivity index (χ0) is 15.1. The number of carbonyl (C=O) groups excluding carboxylic acids is 1. The largest absolute Gasteiger partial charge is 0.496 e. The van der Waals surface area contributed by atoms with E-state index < -0.39 is 0 Å². The van der Waals surface area contributed by atoms with E-state index in [0.29, 0.717) is 12.3 Å². The molecule has 4 heteroatoms. The molecule has 0 saturated heterocycles. The van der Waals surface area contributed by atoms with E-state index in [1.807, 2.05) is 61.6 Å². The van der Waals surface area contributed by atoms with Gasteiger partial charge in [-0.2, -0.15) is 0 Å². The molecule has 0 bridgehead atoms. The minimum atomic E-state index is 0.106. The maximum atomic E-state index is 12.2. The number of nitrogens with zero attached hydrogens (tertiary/aromatic N) is 1. The second kappa shape index (κ2) is 7.74. The normalized spacial score (nSPS) is 10.2. The van der Waals surface area contributed by atoms with Crippen LogP contribution in [-0.4, -0.2) is 30.7 Å². The van der Waals surface area contributed by atoms with Gasteiger partial charge in [-0.05, 0) is 18.2 Å². The van der Waals surface area contributed by atoms with Crippen LogP contribution in [-0.2, 0) is 11.3 Å². The summed E-state index contributed by atoms with van der Waals surface area (Å²) in [7, 11) is 3.46. The summed E-state index contributed by atoms with van der Waals surface area (Å²) >= 11 is 1.55. The minimum absolute atomic E-state index is 0.106. The lowest BCUT2D eigenvalue weighted by Crippen LogP contribution is -2.27. The van der Waals surface area contributed by atoms with Crippen molar-refractivity contribution in [1.29, 1.82) is 0 Å². The van der Waals surface area contributed by atoms with Crippen molar-refractivity contribution in [3.05, 3.63) is 60.2 Å². The first-order valence-electron chi connectivity index (χ1n) is 6.74. The van der Waals surface area contributed by atoms with E-state index in [1.165, 1.54) is 0 Å². The highest BCUT2D eigenvalue weighted by atomic mass is 32.2. The zero-order valence-electron chi connectivity index (χ0n) is 12.3. The molecule has 0 saturated carbocycles. The fourth-order valence-electron chi connectivity index (χ4n) is 1.95. The van der Waals surface area contributed by atoms with Gasteiger partial charge in [0.25, 0.3) is 0 Å². The van der Waals surface area contributed by atoms with Gasteiger partial charge in [0.15, 0.2) is 0 Å². The van der Waals surface area contributed by atoms with E-state index in [4.69, 9.17) is 4.74 Å². The topological polar surface area (TPSA) is 29.5 Å². The maximum absolute atomic E-state index is 12.2. The van der Waals surface area contributed by atoms with Gasteiger partial charge in [-0.15, -0.1) is 11.8 Å². The molecule has 21 heavy (non-hydrogen) atoms. The van der Waals surface area contributed by atoms with Gasteiger partial charge in [-0.25, -0.2) is 0 Å². The molecule has 0 heterocycles. The number of hydrogen-bond donors (Lipinski definition) is 0. The molecule has 0 spiro atoms. The number of amides is 1. The van der Waals surface area contributed by atoms with E-state index in [-0.39, 0.29) is 5.91 Å². The van der Waals surface area contributed by atoms with Crippen molar-refractivity contribution in [2.75, 3.05) is 19.9 Å². The molecule has 3 nitrogen and oxygen atoms in total. The molecule has 2 aromatic carbocycles. The highest BCUT2D eigenvalue weighted by Gasteiger charge is 2.12. The fourth-order valence-corrected chi connectivity index (χ4v) is 2.81. The summed E-state index contributed by atoms with van der Waals surface area (Å²) in [6.45, 7) is 0.554. The average Bonchev–Trinajstić information content (AvgIpc) is 2.54. The van der Waals surface area contributed by atoms with Gasteiger partial charge in [0.05, 0.1) is 12.9 Å². The Balaban J connectivity index is 1.90. The first kappa shape index (κ1) is 15.4. The van der Waals surface area contributed by atoms with Crippen molar-refractivity contribution in [2.45, 2.75) is 11.4 Å². The van der Waals surface area contributed by atoms with Crippen LogP contribution in [0, 0.1) is 0 Å². The van der Waals surface area contributed by atoms with E-state index in [0.717, 1.165) is 16.2 Å². The Morgan fingerprint density at radius 1 is 1.10 bits per heavy atom. The number of rotatable bonds is 6. The Bertz CT molecular complexity index is 586. The quantitative estimate of drug-likeness (QED) is 0.765. The molecule has 2 rings (SSSR count). The molecule has 0 fully saturated rings. The highest BCUT2D eigenvalue weighted by Crippen LogP contribution is 2.20. The van der Waals surface area contributed by atoms with Crippen LogP contribution in [0.2, 0.25) is 0 Å².